The van der Waals surface area contributed by atoms with Gasteiger partial charge in [0.1, 0.15) is 5.75 Å². The van der Waals surface area contributed by atoms with E-state index in [2.05, 4.69) is 21.2 Å². The Balaban J connectivity index is 2.15. The number of anilines is 1. The topological polar surface area (TPSA) is 38.3 Å². The van der Waals surface area contributed by atoms with Crippen LogP contribution in [0.3, 0.4) is 0 Å². The zero-order chi connectivity index (χ0) is 13.8. The SMILES string of the molecule is COc1ccc(NC(=O)c2ccc(C)cc2Br)cc1. The number of carbonyl (C=O) groups is 1. The van der Waals surface area contributed by atoms with Crippen LogP contribution in [0.2, 0.25) is 0 Å². The standard InChI is InChI=1S/C15H14BrNO2/c1-10-3-8-13(14(16)9-10)15(18)17-11-4-6-12(19-2)7-5-11/h3-9H,1-2H3,(H,17,18). The first kappa shape index (κ1) is 13.6. The van der Waals surface area contributed by atoms with E-state index in [4.69, 9.17) is 4.74 Å². The molecule has 0 saturated carbocycles. The zero-order valence-corrected chi connectivity index (χ0v) is 12.3. The Morgan fingerprint density at radius 2 is 1.84 bits per heavy atom. The number of aryl methyl sites for hydroxylation is 1. The number of hydrogen-bond acceptors (Lipinski definition) is 2. The van der Waals surface area contributed by atoms with Crippen molar-refractivity contribution in [3.8, 4) is 5.75 Å². The Bertz CT molecular complexity index is 594. The molecule has 0 aliphatic carbocycles. The number of carbonyl (C=O) groups excluding carboxylic acids is 1. The van der Waals surface area contributed by atoms with Crippen LogP contribution in [-0.2, 0) is 0 Å². The number of halogens is 1. The minimum Gasteiger partial charge on any atom is -0.497 e. The summed E-state index contributed by atoms with van der Waals surface area (Å²) in [6.07, 6.45) is 0. The lowest BCUT2D eigenvalue weighted by atomic mass is 10.1. The minimum atomic E-state index is -0.142. The number of benzene rings is 2. The van der Waals surface area contributed by atoms with E-state index < -0.39 is 0 Å². The summed E-state index contributed by atoms with van der Waals surface area (Å²) in [6.45, 7) is 1.98. The van der Waals surface area contributed by atoms with Crippen LogP contribution in [-0.4, -0.2) is 13.0 Å². The molecule has 0 aromatic heterocycles. The van der Waals surface area contributed by atoms with E-state index in [9.17, 15) is 4.79 Å². The second kappa shape index (κ2) is 5.89. The molecule has 0 radical (unpaired) electrons. The molecule has 0 spiro atoms. The molecule has 0 unspecified atom stereocenters. The molecule has 2 aromatic rings. The van der Waals surface area contributed by atoms with Crippen molar-refractivity contribution in [2.45, 2.75) is 6.92 Å². The van der Waals surface area contributed by atoms with Crippen LogP contribution in [0.4, 0.5) is 5.69 Å². The Morgan fingerprint density at radius 1 is 1.16 bits per heavy atom. The molecule has 19 heavy (non-hydrogen) atoms. The van der Waals surface area contributed by atoms with Gasteiger partial charge in [-0.2, -0.15) is 0 Å². The summed E-state index contributed by atoms with van der Waals surface area (Å²) in [5, 5.41) is 2.85. The molecule has 0 saturated heterocycles. The van der Waals surface area contributed by atoms with Gasteiger partial charge in [0, 0.05) is 10.2 Å². The maximum absolute atomic E-state index is 12.1. The largest absolute Gasteiger partial charge is 0.497 e. The van der Waals surface area contributed by atoms with Crippen molar-refractivity contribution in [1.82, 2.24) is 0 Å². The van der Waals surface area contributed by atoms with Crippen LogP contribution >= 0.6 is 15.9 Å². The molecule has 2 rings (SSSR count). The molecule has 0 aliphatic rings. The van der Waals surface area contributed by atoms with Gasteiger partial charge in [-0.05, 0) is 64.8 Å². The molecule has 0 heterocycles. The van der Waals surface area contributed by atoms with Gasteiger partial charge in [-0.1, -0.05) is 6.07 Å². The fraction of sp³-hybridized carbons (Fsp3) is 0.133. The van der Waals surface area contributed by atoms with E-state index in [0.29, 0.717) is 5.56 Å². The fourth-order valence-electron chi connectivity index (χ4n) is 1.68. The molecule has 98 valence electrons. The number of hydrogen-bond donors (Lipinski definition) is 1. The normalized spacial score (nSPS) is 10.1. The van der Waals surface area contributed by atoms with Crippen molar-refractivity contribution in [1.29, 1.82) is 0 Å². The first-order chi connectivity index (χ1) is 9.10. The van der Waals surface area contributed by atoms with Gasteiger partial charge in [0.15, 0.2) is 0 Å². The van der Waals surface area contributed by atoms with Gasteiger partial charge < -0.3 is 10.1 Å². The predicted octanol–water partition coefficient (Wildman–Crippen LogP) is 4.02. The van der Waals surface area contributed by atoms with Crippen LogP contribution < -0.4 is 10.1 Å². The van der Waals surface area contributed by atoms with Gasteiger partial charge >= 0.3 is 0 Å². The van der Waals surface area contributed by atoms with E-state index >= 15 is 0 Å². The van der Waals surface area contributed by atoms with Crippen LogP contribution in [0, 0.1) is 6.92 Å². The molecule has 1 amide bonds. The molecule has 4 heteroatoms. The van der Waals surface area contributed by atoms with Gasteiger partial charge in [0.2, 0.25) is 0 Å². The summed E-state index contributed by atoms with van der Waals surface area (Å²) in [6, 6.07) is 12.9. The lowest BCUT2D eigenvalue weighted by Crippen LogP contribution is -2.12. The Kier molecular flexibility index (Phi) is 4.22. The Hall–Kier alpha value is -1.81. The highest BCUT2D eigenvalue weighted by atomic mass is 79.9. The maximum Gasteiger partial charge on any atom is 0.256 e. The average Bonchev–Trinajstić information content (AvgIpc) is 2.39. The van der Waals surface area contributed by atoms with E-state index in [-0.39, 0.29) is 5.91 Å². The van der Waals surface area contributed by atoms with Crippen molar-refractivity contribution in [2.75, 3.05) is 12.4 Å². The van der Waals surface area contributed by atoms with Crippen molar-refractivity contribution in [2.24, 2.45) is 0 Å². The second-order valence-electron chi connectivity index (χ2n) is 4.17. The number of ether oxygens (including phenoxy) is 1. The van der Waals surface area contributed by atoms with Crippen LogP contribution in [0.15, 0.2) is 46.9 Å². The first-order valence-corrected chi connectivity index (χ1v) is 6.61. The molecule has 0 bridgehead atoms. The van der Waals surface area contributed by atoms with Gasteiger partial charge in [0.05, 0.1) is 12.7 Å². The fourth-order valence-corrected chi connectivity index (χ4v) is 2.35. The summed E-state index contributed by atoms with van der Waals surface area (Å²) >= 11 is 3.40. The second-order valence-corrected chi connectivity index (χ2v) is 5.02. The lowest BCUT2D eigenvalue weighted by Gasteiger charge is -2.08. The summed E-state index contributed by atoms with van der Waals surface area (Å²) < 4.78 is 5.86. The van der Waals surface area contributed by atoms with Gasteiger partial charge in [-0.25, -0.2) is 0 Å². The molecule has 3 nitrogen and oxygen atoms in total. The quantitative estimate of drug-likeness (QED) is 0.928. The number of nitrogens with one attached hydrogen (secondary N) is 1. The molecule has 1 N–H and O–H groups in total. The average molecular weight is 320 g/mol. The number of amides is 1. The number of methoxy groups -OCH3 is 1. The van der Waals surface area contributed by atoms with E-state index in [1.165, 1.54) is 0 Å². The highest BCUT2D eigenvalue weighted by Crippen LogP contribution is 2.21. The molecular formula is C15H14BrNO2. The molecule has 0 aliphatic heterocycles. The Labute approximate surface area is 120 Å². The Morgan fingerprint density at radius 3 is 2.42 bits per heavy atom. The highest BCUT2D eigenvalue weighted by molar-refractivity contribution is 9.10. The molecule has 0 fully saturated rings. The summed E-state index contributed by atoms with van der Waals surface area (Å²) in [7, 11) is 1.61. The third-order valence-corrected chi connectivity index (χ3v) is 3.37. The van der Waals surface area contributed by atoms with Crippen LogP contribution in [0.1, 0.15) is 15.9 Å². The summed E-state index contributed by atoms with van der Waals surface area (Å²) in [5.41, 5.74) is 2.45. The van der Waals surface area contributed by atoms with E-state index in [1.807, 2.05) is 19.1 Å². The van der Waals surface area contributed by atoms with Crippen molar-refractivity contribution >= 4 is 27.5 Å². The predicted molar refractivity (Wildman–Crippen MR) is 79.8 cm³/mol. The van der Waals surface area contributed by atoms with Crippen molar-refractivity contribution < 1.29 is 9.53 Å². The van der Waals surface area contributed by atoms with Gasteiger partial charge in [0.25, 0.3) is 5.91 Å². The minimum absolute atomic E-state index is 0.142. The number of rotatable bonds is 3. The van der Waals surface area contributed by atoms with Gasteiger partial charge in [-0.15, -0.1) is 0 Å². The van der Waals surface area contributed by atoms with Crippen molar-refractivity contribution in [3.63, 3.8) is 0 Å². The zero-order valence-electron chi connectivity index (χ0n) is 10.7. The maximum atomic E-state index is 12.1. The lowest BCUT2D eigenvalue weighted by molar-refractivity contribution is 0.102. The first-order valence-electron chi connectivity index (χ1n) is 5.81. The smallest absolute Gasteiger partial charge is 0.256 e. The molecule has 0 atom stereocenters. The van der Waals surface area contributed by atoms with Crippen molar-refractivity contribution in [3.05, 3.63) is 58.1 Å². The van der Waals surface area contributed by atoms with E-state index in [0.717, 1.165) is 21.5 Å². The summed E-state index contributed by atoms with van der Waals surface area (Å²) in [5.74, 6) is 0.617. The van der Waals surface area contributed by atoms with E-state index in [1.54, 1.807) is 37.4 Å². The van der Waals surface area contributed by atoms with Gasteiger partial charge in [-0.3, -0.25) is 4.79 Å². The summed E-state index contributed by atoms with van der Waals surface area (Å²) in [4.78, 5) is 12.1. The van der Waals surface area contributed by atoms with Crippen LogP contribution in [0.5, 0.6) is 5.75 Å². The molecule has 2 aromatic carbocycles. The molecular weight excluding hydrogens is 306 g/mol. The van der Waals surface area contributed by atoms with Crippen LogP contribution in [0.25, 0.3) is 0 Å². The third-order valence-electron chi connectivity index (χ3n) is 2.72. The third kappa shape index (κ3) is 3.35. The monoisotopic (exact) mass is 319 g/mol. The highest BCUT2D eigenvalue weighted by Gasteiger charge is 2.10.